The van der Waals surface area contributed by atoms with E-state index < -0.39 is 0 Å². The normalized spacial score (nSPS) is 11.2. The molecule has 1 rings (SSSR count). The predicted octanol–water partition coefficient (Wildman–Crippen LogP) is 4.52. The smallest absolute Gasteiger partial charge is 0.137 e. The second-order valence-corrected chi connectivity index (χ2v) is 6.61. The fourth-order valence-electron chi connectivity index (χ4n) is 2.38. The quantitative estimate of drug-likeness (QED) is 0.568. The topological polar surface area (TPSA) is 17.1 Å². The summed E-state index contributed by atoms with van der Waals surface area (Å²) in [6, 6.07) is 4.44. The summed E-state index contributed by atoms with van der Waals surface area (Å²) in [4.78, 5) is 12.0. The molecule has 0 saturated carbocycles. The Morgan fingerprint density at radius 2 is 1.75 bits per heavy atom. The highest BCUT2D eigenvalue weighted by atomic mass is 16.1. The third-order valence-corrected chi connectivity index (χ3v) is 3.71. The van der Waals surface area contributed by atoms with Crippen LogP contribution in [0.3, 0.4) is 0 Å². The number of unbranched alkanes of at least 4 members (excludes halogenated alkanes) is 1. The van der Waals surface area contributed by atoms with Crippen molar-refractivity contribution >= 4 is 5.78 Å². The molecule has 1 aromatic rings. The Bertz CT molecular complexity index is 501. The van der Waals surface area contributed by atoms with Gasteiger partial charge in [-0.15, -0.1) is 12.3 Å². The van der Waals surface area contributed by atoms with Gasteiger partial charge in [0.1, 0.15) is 5.78 Å². The minimum Gasteiger partial charge on any atom is -0.299 e. The van der Waals surface area contributed by atoms with E-state index >= 15 is 0 Å². The van der Waals surface area contributed by atoms with Crippen molar-refractivity contribution in [1.29, 1.82) is 0 Å². The number of ketones is 1. The lowest BCUT2D eigenvalue weighted by Gasteiger charge is -2.22. The standard InChI is InChI=1S/C19H26O/c1-7-8-9-10-17(20)13-18-14(2)11-16(12-15(18)3)19(4,5)6/h1,11-12H,8-10,13H2,2-6H3. The second kappa shape index (κ2) is 6.75. The number of carbonyl (C=O) groups is 1. The maximum absolute atomic E-state index is 12.0. The Balaban J connectivity index is 2.87. The highest BCUT2D eigenvalue weighted by Gasteiger charge is 2.17. The monoisotopic (exact) mass is 270 g/mol. The Morgan fingerprint density at radius 1 is 1.20 bits per heavy atom. The van der Waals surface area contributed by atoms with Gasteiger partial charge in [-0.05, 0) is 47.9 Å². The van der Waals surface area contributed by atoms with Crippen LogP contribution >= 0.6 is 0 Å². The van der Waals surface area contributed by atoms with Crippen molar-refractivity contribution in [2.45, 2.75) is 65.7 Å². The minimum absolute atomic E-state index is 0.144. The van der Waals surface area contributed by atoms with E-state index in [-0.39, 0.29) is 11.2 Å². The first-order chi connectivity index (χ1) is 9.25. The molecule has 0 aliphatic heterocycles. The molecule has 0 amide bonds. The lowest BCUT2D eigenvalue weighted by molar-refractivity contribution is -0.118. The van der Waals surface area contributed by atoms with E-state index in [1.807, 2.05) is 0 Å². The predicted molar refractivity (Wildman–Crippen MR) is 86.0 cm³/mol. The van der Waals surface area contributed by atoms with E-state index in [0.717, 1.165) is 6.42 Å². The molecule has 0 atom stereocenters. The fourth-order valence-corrected chi connectivity index (χ4v) is 2.38. The zero-order valence-electron chi connectivity index (χ0n) is 13.5. The van der Waals surface area contributed by atoms with Crippen LogP contribution in [0, 0.1) is 26.2 Å². The first kappa shape index (κ1) is 16.5. The third kappa shape index (κ3) is 4.53. The van der Waals surface area contributed by atoms with Gasteiger partial charge in [-0.25, -0.2) is 0 Å². The van der Waals surface area contributed by atoms with Crippen LogP contribution in [0.1, 0.15) is 62.3 Å². The van der Waals surface area contributed by atoms with E-state index in [4.69, 9.17) is 6.42 Å². The summed E-state index contributed by atoms with van der Waals surface area (Å²) in [5.74, 6) is 2.87. The number of benzene rings is 1. The molecule has 0 fully saturated rings. The number of terminal acetylenes is 1. The van der Waals surface area contributed by atoms with Crippen LogP contribution in [0.5, 0.6) is 0 Å². The molecule has 108 valence electrons. The molecule has 0 N–H and O–H groups in total. The summed E-state index contributed by atoms with van der Waals surface area (Å²) in [6.45, 7) is 10.8. The van der Waals surface area contributed by atoms with E-state index in [0.29, 0.717) is 19.3 Å². The van der Waals surface area contributed by atoms with Gasteiger partial charge in [-0.3, -0.25) is 4.79 Å². The van der Waals surface area contributed by atoms with Gasteiger partial charge in [0, 0.05) is 19.3 Å². The minimum atomic E-state index is 0.144. The highest BCUT2D eigenvalue weighted by Crippen LogP contribution is 2.27. The summed E-state index contributed by atoms with van der Waals surface area (Å²) in [7, 11) is 0. The van der Waals surface area contributed by atoms with Gasteiger partial charge in [0.15, 0.2) is 0 Å². The van der Waals surface area contributed by atoms with Crippen molar-refractivity contribution in [2.24, 2.45) is 0 Å². The molecule has 20 heavy (non-hydrogen) atoms. The SMILES string of the molecule is C#CCCCC(=O)Cc1c(C)cc(C(C)(C)C)cc1C. The molecule has 0 radical (unpaired) electrons. The van der Waals surface area contributed by atoms with Gasteiger partial charge in [0.05, 0.1) is 0 Å². The molecule has 0 aliphatic carbocycles. The van der Waals surface area contributed by atoms with Crippen molar-refractivity contribution < 1.29 is 4.79 Å². The molecule has 0 bridgehead atoms. The summed E-state index contributed by atoms with van der Waals surface area (Å²) < 4.78 is 0. The van der Waals surface area contributed by atoms with Gasteiger partial charge in [0.25, 0.3) is 0 Å². The molecule has 0 aromatic heterocycles. The number of carbonyl (C=O) groups excluding carboxylic acids is 1. The van der Waals surface area contributed by atoms with Crippen molar-refractivity contribution in [1.82, 2.24) is 0 Å². The van der Waals surface area contributed by atoms with Crippen LogP contribution in [-0.2, 0) is 16.6 Å². The number of rotatable bonds is 5. The Morgan fingerprint density at radius 3 is 2.20 bits per heavy atom. The van der Waals surface area contributed by atoms with E-state index in [2.05, 4.69) is 52.7 Å². The maximum Gasteiger partial charge on any atom is 0.137 e. The van der Waals surface area contributed by atoms with E-state index in [1.165, 1.54) is 22.3 Å². The summed E-state index contributed by atoms with van der Waals surface area (Å²) in [5.41, 5.74) is 5.10. The molecular formula is C19H26O. The number of Topliss-reactive ketones (excluding diaryl/α,β-unsaturated/α-hetero) is 1. The van der Waals surface area contributed by atoms with Gasteiger partial charge in [-0.2, -0.15) is 0 Å². The van der Waals surface area contributed by atoms with Crippen molar-refractivity contribution in [3.63, 3.8) is 0 Å². The van der Waals surface area contributed by atoms with Crippen molar-refractivity contribution in [2.75, 3.05) is 0 Å². The molecular weight excluding hydrogens is 244 g/mol. The van der Waals surface area contributed by atoms with Gasteiger partial charge >= 0.3 is 0 Å². The van der Waals surface area contributed by atoms with Crippen LogP contribution in [0.2, 0.25) is 0 Å². The average molecular weight is 270 g/mol. The maximum atomic E-state index is 12.0. The molecule has 1 aromatic carbocycles. The Kier molecular flexibility index (Phi) is 5.57. The van der Waals surface area contributed by atoms with Crippen LogP contribution in [0.15, 0.2) is 12.1 Å². The largest absolute Gasteiger partial charge is 0.299 e. The number of hydrogen-bond acceptors (Lipinski definition) is 1. The van der Waals surface area contributed by atoms with E-state index in [9.17, 15) is 4.79 Å². The van der Waals surface area contributed by atoms with Gasteiger partial charge in [-0.1, -0.05) is 32.9 Å². The number of hydrogen-bond donors (Lipinski definition) is 0. The Labute approximate surface area is 123 Å². The fraction of sp³-hybridized carbons (Fsp3) is 0.526. The molecule has 0 saturated heterocycles. The zero-order chi connectivity index (χ0) is 15.3. The highest BCUT2D eigenvalue weighted by molar-refractivity contribution is 5.81. The van der Waals surface area contributed by atoms with Crippen LogP contribution in [0.25, 0.3) is 0 Å². The van der Waals surface area contributed by atoms with Gasteiger partial charge < -0.3 is 0 Å². The zero-order valence-corrected chi connectivity index (χ0v) is 13.5. The van der Waals surface area contributed by atoms with Crippen molar-refractivity contribution in [3.05, 3.63) is 34.4 Å². The molecule has 0 heterocycles. The first-order valence-electron chi connectivity index (χ1n) is 7.31. The molecule has 1 nitrogen and oxygen atoms in total. The molecule has 1 heteroatoms. The van der Waals surface area contributed by atoms with Crippen molar-refractivity contribution in [3.8, 4) is 12.3 Å². The lowest BCUT2D eigenvalue weighted by Crippen LogP contribution is -2.13. The third-order valence-electron chi connectivity index (χ3n) is 3.71. The van der Waals surface area contributed by atoms with Crippen LogP contribution < -0.4 is 0 Å². The van der Waals surface area contributed by atoms with E-state index in [1.54, 1.807) is 0 Å². The average Bonchev–Trinajstić information content (AvgIpc) is 2.32. The summed E-state index contributed by atoms with van der Waals surface area (Å²) >= 11 is 0. The number of aryl methyl sites for hydroxylation is 2. The molecule has 0 spiro atoms. The lowest BCUT2D eigenvalue weighted by atomic mass is 9.83. The second-order valence-electron chi connectivity index (χ2n) is 6.61. The Hall–Kier alpha value is -1.55. The van der Waals surface area contributed by atoms with Crippen LogP contribution in [-0.4, -0.2) is 5.78 Å². The molecule has 0 unspecified atom stereocenters. The summed E-state index contributed by atoms with van der Waals surface area (Å²) in [5, 5.41) is 0. The first-order valence-corrected chi connectivity index (χ1v) is 7.31. The molecule has 0 aliphatic rings. The van der Waals surface area contributed by atoms with Crippen LogP contribution in [0.4, 0.5) is 0 Å². The summed E-state index contributed by atoms with van der Waals surface area (Å²) in [6.07, 6.45) is 7.82. The van der Waals surface area contributed by atoms with Gasteiger partial charge in [0.2, 0.25) is 0 Å².